The van der Waals surface area contributed by atoms with Crippen LogP contribution in [-0.2, 0) is 6.54 Å². The van der Waals surface area contributed by atoms with Gasteiger partial charge in [0.05, 0.1) is 5.56 Å². The number of carboxylic acids is 1. The second-order valence-electron chi connectivity index (χ2n) is 4.50. The third-order valence-corrected chi connectivity index (χ3v) is 4.39. The minimum absolute atomic E-state index is 0.375. The zero-order chi connectivity index (χ0) is 13.4. The van der Waals surface area contributed by atoms with Crippen LogP contribution in [0.5, 0.6) is 0 Å². The van der Waals surface area contributed by atoms with E-state index in [0.29, 0.717) is 12.1 Å². The summed E-state index contributed by atoms with van der Waals surface area (Å²) in [5, 5.41) is 12.5. The predicted octanol–water partition coefficient (Wildman–Crippen LogP) is 3.76. The lowest BCUT2D eigenvalue weighted by Crippen LogP contribution is -2.03. The van der Waals surface area contributed by atoms with Crippen molar-refractivity contribution in [1.29, 1.82) is 0 Å². The van der Waals surface area contributed by atoms with Gasteiger partial charge in [-0.2, -0.15) is 0 Å². The number of hydrogen-bond donors (Lipinski definition) is 1. The molecule has 1 N–H and O–H groups in total. The Hall–Kier alpha value is -2.07. The molecule has 0 fully saturated rings. The Morgan fingerprint density at radius 2 is 2.11 bits per heavy atom. The predicted molar refractivity (Wildman–Crippen MR) is 77.1 cm³/mol. The largest absolute Gasteiger partial charge is 0.478 e. The molecule has 0 aliphatic heterocycles. The van der Waals surface area contributed by atoms with E-state index in [9.17, 15) is 4.79 Å². The van der Waals surface area contributed by atoms with Gasteiger partial charge < -0.3 is 9.67 Å². The van der Waals surface area contributed by atoms with Crippen molar-refractivity contribution >= 4 is 27.4 Å². The Bertz CT molecular complexity index is 754. The van der Waals surface area contributed by atoms with E-state index < -0.39 is 5.97 Å². The smallest absolute Gasteiger partial charge is 0.337 e. The summed E-state index contributed by atoms with van der Waals surface area (Å²) in [6, 6.07) is 9.94. The molecule has 0 unspecified atom stereocenters. The number of benzene rings is 1. The molecule has 0 atom stereocenters. The maximum Gasteiger partial charge on any atom is 0.337 e. The van der Waals surface area contributed by atoms with Crippen molar-refractivity contribution in [3.63, 3.8) is 0 Å². The molecule has 0 radical (unpaired) electrons. The molecule has 0 bridgehead atoms. The number of thiophene rings is 1. The average Bonchev–Trinajstić information content (AvgIpc) is 2.96. The number of carbonyl (C=O) groups is 1. The van der Waals surface area contributed by atoms with Gasteiger partial charge in [0.15, 0.2) is 0 Å². The van der Waals surface area contributed by atoms with Gasteiger partial charge in [-0.05, 0) is 35.4 Å². The van der Waals surface area contributed by atoms with E-state index in [1.807, 2.05) is 29.8 Å². The first-order chi connectivity index (χ1) is 9.16. The van der Waals surface area contributed by atoms with Crippen molar-refractivity contribution in [3.8, 4) is 0 Å². The molecule has 96 valence electrons. The number of hydrogen-bond acceptors (Lipinski definition) is 2. The van der Waals surface area contributed by atoms with Crippen molar-refractivity contribution in [1.82, 2.24) is 4.57 Å². The van der Waals surface area contributed by atoms with Crippen molar-refractivity contribution in [2.75, 3.05) is 0 Å². The normalized spacial score (nSPS) is 11.0. The summed E-state index contributed by atoms with van der Waals surface area (Å²) in [5.41, 5.74) is 2.40. The van der Waals surface area contributed by atoms with E-state index in [2.05, 4.69) is 17.5 Å². The van der Waals surface area contributed by atoms with Gasteiger partial charge >= 0.3 is 5.97 Å². The van der Waals surface area contributed by atoms with Gasteiger partial charge in [-0.3, -0.25) is 0 Å². The summed E-state index contributed by atoms with van der Waals surface area (Å²) < 4.78 is 3.25. The molecule has 3 rings (SSSR count). The zero-order valence-corrected chi connectivity index (χ0v) is 11.3. The van der Waals surface area contributed by atoms with Crippen LogP contribution in [0, 0.1) is 6.92 Å². The maximum absolute atomic E-state index is 11.0. The SMILES string of the molecule is Cc1c(C(=O)O)ccn1Cc1csc2ccccc12. The van der Waals surface area contributed by atoms with Gasteiger partial charge in [-0.25, -0.2) is 4.79 Å². The van der Waals surface area contributed by atoms with Gasteiger partial charge in [-0.15, -0.1) is 11.3 Å². The molecule has 2 heterocycles. The summed E-state index contributed by atoms with van der Waals surface area (Å²) in [4.78, 5) is 11.0. The number of rotatable bonds is 3. The van der Waals surface area contributed by atoms with E-state index in [1.54, 1.807) is 17.4 Å². The highest BCUT2D eigenvalue weighted by molar-refractivity contribution is 7.17. The molecule has 19 heavy (non-hydrogen) atoms. The van der Waals surface area contributed by atoms with Crippen LogP contribution in [0.1, 0.15) is 21.6 Å². The minimum atomic E-state index is -0.869. The maximum atomic E-state index is 11.0. The molecule has 0 spiro atoms. The highest BCUT2D eigenvalue weighted by Crippen LogP contribution is 2.27. The lowest BCUT2D eigenvalue weighted by Gasteiger charge is -2.06. The van der Waals surface area contributed by atoms with Crippen LogP contribution in [0.25, 0.3) is 10.1 Å². The van der Waals surface area contributed by atoms with Crippen LogP contribution >= 0.6 is 11.3 Å². The molecule has 1 aromatic carbocycles. The monoisotopic (exact) mass is 271 g/mol. The number of nitrogens with zero attached hydrogens (tertiary/aromatic N) is 1. The summed E-state index contributed by atoms with van der Waals surface area (Å²) in [6.45, 7) is 2.56. The number of aromatic nitrogens is 1. The third kappa shape index (κ3) is 2.04. The second-order valence-corrected chi connectivity index (χ2v) is 5.42. The molecule has 0 aliphatic carbocycles. The fourth-order valence-corrected chi connectivity index (χ4v) is 3.24. The van der Waals surface area contributed by atoms with E-state index in [-0.39, 0.29) is 0 Å². The van der Waals surface area contributed by atoms with E-state index >= 15 is 0 Å². The van der Waals surface area contributed by atoms with Crippen LogP contribution in [0.15, 0.2) is 41.9 Å². The van der Waals surface area contributed by atoms with Crippen LogP contribution in [-0.4, -0.2) is 15.6 Å². The van der Waals surface area contributed by atoms with Crippen molar-refractivity contribution < 1.29 is 9.90 Å². The first-order valence-corrected chi connectivity index (χ1v) is 6.89. The molecule has 2 aromatic heterocycles. The quantitative estimate of drug-likeness (QED) is 0.788. The molecule has 3 aromatic rings. The topological polar surface area (TPSA) is 42.2 Å². The summed E-state index contributed by atoms with van der Waals surface area (Å²) >= 11 is 1.72. The Morgan fingerprint density at radius 1 is 1.32 bits per heavy atom. The molecule has 0 saturated carbocycles. The Morgan fingerprint density at radius 3 is 2.84 bits per heavy atom. The number of carboxylic acid groups (broad SMARTS) is 1. The molecule has 3 nitrogen and oxygen atoms in total. The molecule has 0 amide bonds. The summed E-state index contributed by atoms with van der Waals surface area (Å²) in [6.07, 6.45) is 1.84. The van der Waals surface area contributed by atoms with Gasteiger partial charge in [0, 0.05) is 23.1 Å². The first kappa shape index (κ1) is 12.0. The van der Waals surface area contributed by atoms with Crippen LogP contribution < -0.4 is 0 Å². The summed E-state index contributed by atoms with van der Waals surface area (Å²) in [7, 11) is 0. The first-order valence-electron chi connectivity index (χ1n) is 6.01. The Balaban J connectivity index is 1.99. The van der Waals surface area contributed by atoms with E-state index in [4.69, 9.17) is 5.11 Å². The number of aromatic carboxylic acids is 1. The molecular weight excluding hydrogens is 258 g/mol. The Kier molecular flexibility index (Phi) is 2.87. The molecule has 0 aliphatic rings. The highest BCUT2D eigenvalue weighted by Gasteiger charge is 2.12. The lowest BCUT2D eigenvalue weighted by atomic mass is 10.2. The van der Waals surface area contributed by atoms with Gasteiger partial charge in [0.25, 0.3) is 0 Å². The molecule has 0 saturated heterocycles. The van der Waals surface area contributed by atoms with Crippen molar-refractivity contribution in [3.05, 3.63) is 58.7 Å². The van der Waals surface area contributed by atoms with Crippen LogP contribution in [0.3, 0.4) is 0 Å². The van der Waals surface area contributed by atoms with Gasteiger partial charge in [0.2, 0.25) is 0 Å². The van der Waals surface area contributed by atoms with Crippen molar-refractivity contribution in [2.24, 2.45) is 0 Å². The number of fused-ring (bicyclic) bond motifs is 1. The van der Waals surface area contributed by atoms with E-state index in [0.717, 1.165) is 5.69 Å². The van der Waals surface area contributed by atoms with E-state index in [1.165, 1.54) is 15.6 Å². The standard InChI is InChI=1S/C15H13NO2S/c1-10-12(15(17)18)6-7-16(10)8-11-9-19-14-5-3-2-4-13(11)14/h2-7,9H,8H2,1H3,(H,17,18). The van der Waals surface area contributed by atoms with Gasteiger partial charge in [0.1, 0.15) is 0 Å². The average molecular weight is 271 g/mol. The lowest BCUT2D eigenvalue weighted by molar-refractivity contribution is 0.0696. The van der Waals surface area contributed by atoms with Crippen LogP contribution in [0.2, 0.25) is 0 Å². The third-order valence-electron chi connectivity index (χ3n) is 3.37. The van der Waals surface area contributed by atoms with Crippen molar-refractivity contribution in [2.45, 2.75) is 13.5 Å². The fraction of sp³-hybridized carbons (Fsp3) is 0.133. The molecular formula is C15H13NO2S. The summed E-state index contributed by atoms with van der Waals surface area (Å²) in [5.74, 6) is -0.869. The minimum Gasteiger partial charge on any atom is -0.478 e. The molecule has 4 heteroatoms. The van der Waals surface area contributed by atoms with Crippen LogP contribution in [0.4, 0.5) is 0 Å². The van der Waals surface area contributed by atoms with Gasteiger partial charge in [-0.1, -0.05) is 18.2 Å². The second kappa shape index (κ2) is 4.55. The Labute approximate surface area is 114 Å². The highest BCUT2D eigenvalue weighted by atomic mass is 32.1. The zero-order valence-electron chi connectivity index (χ0n) is 10.5. The fourth-order valence-electron chi connectivity index (χ4n) is 2.29.